The van der Waals surface area contributed by atoms with Gasteiger partial charge in [0.2, 0.25) is 0 Å². The fraction of sp³-hybridized carbons (Fsp3) is 0.290. The van der Waals surface area contributed by atoms with Crippen molar-refractivity contribution in [3.63, 3.8) is 0 Å². The molecule has 1 amide bonds. The lowest BCUT2D eigenvalue weighted by Crippen LogP contribution is -2.31. The van der Waals surface area contributed by atoms with Crippen molar-refractivity contribution in [1.29, 1.82) is 0 Å². The van der Waals surface area contributed by atoms with Crippen LogP contribution in [0, 0.1) is 12.8 Å². The molecular formula is C31H33NO4. The van der Waals surface area contributed by atoms with Gasteiger partial charge in [-0.1, -0.05) is 86.1 Å². The minimum atomic E-state index is -0.705. The van der Waals surface area contributed by atoms with Crippen LogP contribution in [0.15, 0.2) is 84.4 Å². The summed E-state index contributed by atoms with van der Waals surface area (Å²) in [4.78, 5) is 28.1. The molecule has 4 rings (SSSR count). The van der Waals surface area contributed by atoms with Crippen LogP contribution < -0.4 is 4.74 Å². The SMILES string of the molecule is Cc1ccc(/C(O)=C2\C(=O)C(=O)N(CCc3ccccc3)C2c2cccc(OCCC(C)C)c2)cc1. The van der Waals surface area contributed by atoms with E-state index >= 15 is 0 Å². The van der Waals surface area contributed by atoms with Crippen LogP contribution in [0.1, 0.15) is 48.6 Å². The molecule has 0 aromatic heterocycles. The zero-order valence-corrected chi connectivity index (χ0v) is 21.1. The number of carbonyl (C=O) groups is 2. The third-order valence-electron chi connectivity index (χ3n) is 6.49. The smallest absolute Gasteiger partial charge is 0.295 e. The van der Waals surface area contributed by atoms with Crippen LogP contribution in [0.4, 0.5) is 0 Å². The van der Waals surface area contributed by atoms with Gasteiger partial charge in [-0.15, -0.1) is 0 Å². The van der Waals surface area contributed by atoms with Crippen LogP contribution in [0.5, 0.6) is 5.75 Å². The van der Waals surface area contributed by atoms with Crippen LogP contribution in [0.25, 0.3) is 5.76 Å². The molecule has 1 unspecified atom stereocenters. The van der Waals surface area contributed by atoms with E-state index in [1.807, 2.05) is 73.7 Å². The van der Waals surface area contributed by atoms with Crippen LogP contribution in [-0.2, 0) is 16.0 Å². The number of rotatable bonds is 9. The highest BCUT2D eigenvalue weighted by atomic mass is 16.5. The van der Waals surface area contributed by atoms with Crippen molar-refractivity contribution in [3.8, 4) is 5.75 Å². The first-order chi connectivity index (χ1) is 17.3. The lowest BCUT2D eigenvalue weighted by atomic mass is 9.94. The average molecular weight is 484 g/mol. The number of aryl methyl sites for hydroxylation is 1. The number of nitrogens with zero attached hydrogens (tertiary/aromatic N) is 1. The normalized spacial score (nSPS) is 17.1. The summed E-state index contributed by atoms with van der Waals surface area (Å²) in [6.45, 7) is 7.17. The van der Waals surface area contributed by atoms with Crippen LogP contribution in [-0.4, -0.2) is 34.8 Å². The summed E-state index contributed by atoms with van der Waals surface area (Å²) in [5.41, 5.74) is 3.46. The maximum absolute atomic E-state index is 13.3. The number of ether oxygens (including phenoxy) is 1. The Morgan fingerprint density at radius 3 is 2.39 bits per heavy atom. The summed E-state index contributed by atoms with van der Waals surface area (Å²) >= 11 is 0. The van der Waals surface area contributed by atoms with Crippen molar-refractivity contribution >= 4 is 17.4 Å². The number of likely N-dealkylation sites (tertiary alicyclic amines) is 1. The Morgan fingerprint density at radius 2 is 1.69 bits per heavy atom. The second kappa shape index (κ2) is 11.3. The lowest BCUT2D eigenvalue weighted by molar-refractivity contribution is -0.139. The Balaban J connectivity index is 1.73. The molecule has 5 heteroatoms. The topological polar surface area (TPSA) is 66.8 Å². The quantitative estimate of drug-likeness (QED) is 0.227. The molecule has 0 bridgehead atoms. The molecule has 5 nitrogen and oxygen atoms in total. The van der Waals surface area contributed by atoms with Crippen molar-refractivity contribution < 1.29 is 19.4 Å². The summed E-state index contributed by atoms with van der Waals surface area (Å²) in [5.74, 6) is -0.232. The third kappa shape index (κ3) is 5.68. The molecule has 0 saturated carbocycles. The Labute approximate surface area is 213 Å². The molecule has 3 aromatic carbocycles. The van der Waals surface area contributed by atoms with Gasteiger partial charge in [-0.2, -0.15) is 0 Å². The number of aliphatic hydroxyl groups is 1. The van der Waals surface area contributed by atoms with Gasteiger partial charge in [0, 0.05) is 12.1 Å². The van der Waals surface area contributed by atoms with Gasteiger partial charge in [0.25, 0.3) is 11.7 Å². The number of carbonyl (C=O) groups excluding carboxylic acids is 2. The number of ketones is 1. The van der Waals surface area contributed by atoms with Crippen LogP contribution in [0.3, 0.4) is 0 Å². The first-order valence-electron chi connectivity index (χ1n) is 12.5. The van der Waals surface area contributed by atoms with Crippen molar-refractivity contribution in [2.24, 2.45) is 5.92 Å². The first-order valence-corrected chi connectivity index (χ1v) is 12.5. The largest absolute Gasteiger partial charge is 0.507 e. The van der Waals surface area contributed by atoms with E-state index in [0.717, 1.165) is 23.1 Å². The highest BCUT2D eigenvalue weighted by Gasteiger charge is 2.45. The highest BCUT2D eigenvalue weighted by molar-refractivity contribution is 6.46. The minimum Gasteiger partial charge on any atom is -0.507 e. The minimum absolute atomic E-state index is 0.108. The summed E-state index contributed by atoms with van der Waals surface area (Å²) in [6.07, 6.45) is 1.52. The molecule has 36 heavy (non-hydrogen) atoms. The Morgan fingerprint density at radius 1 is 0.972 bits per heavy atom. The first kappa shape index (κ1) is 25.2. The van der Waals surface area contributed by atoms with Crippen molar-refractivity contribution in [3.05, 3.63) is 107 Å². The van der Waals surface area contributed by atoms with E-state index in [0.29, 0.717) is 36.8 Å². The van der Waals surface area contributed by atoms with E-state index in [1.54, 1.807) is 17.0 Å². The van der Waals surface area contributed by atoms with Gasteiger partial charge in [-0.05, 0) is 48.9 Å². The standard InChI is InChI=1S/C31H33NO4/c1-21(2)17-19-36-26-11-7-10-25(20-26)28-27(29(33)24-14-12-22(3)13-15-24)30(34)31(35)32(28)18-16-23-8-5-4-6-9-23/h4-15,20-21,28,33H,16-19H2,1-3H3/b29-27+. The zero-order valence-electron chi connectivity index (χ0n) is 21.1. The maximum Gasteiger partial charge on any atom is 0.295 e. The van der Waals surface area contributed by atoms with Gasteiger partial charge < -0.3 is 14.7 Å². The predicted octanol–water partition coefficient (Wildman–Crippen LogP) is 6.08. The van der Waals surface area contributed by atoms with Gasteiger partial charge in [-0.3, -0.25) is 9.59 Å². The number of hydrogen-bond acceptors (Lipinski definition) is 4. The number of hydrogen-bond donors (Lipinski definition) is 1. The van der Waals surface area contributed by atoms with E-state index in [1.165, 1.54) is 0 Å². The highest BCUT2D eigenvalue weighted by Crippen LogP contribution is 2.40. The summed E-state index contributed by atoms with van der Waals surface area (Å²) < 4.78 is 5.96. The molecule has 0 aliphatic carbocycles. The van der Waals surface area contributed by atoms with Gasteiger partial charge in [0.05, 0.1) is 18.2 Å². The maximum atomic E-state index is 13.3. The fourth-order valence-corrected chi connectivity index (χ4v) is 4.41. The zero-order chi connectivity index (χ0) is 25.7. The van der Waals surface area contributed by atoms with Crippen LogP contribution in [0.2, 0.25) is 0 Å². The predicted molar refractivity (Wildman–Crippen MR) is 142 cm³/mol. The van der Waals surface area contributed by atoms with E-state index in [4.69, 9.17) is 4.74 Å². The third-order valence-corrected chi connectivity index (χ3v) is 6.49. The molecule has 3 aromatic rings. The molecule has 1 fully saturated rings. The summed E-state index contributed by atoms with van der Waals surface area (Å²) in [5, 5.41) is 11.3. The van der Waals surface area contributed by atoms with Crippen molar-refractivity contribution in [2.45, 2.75) is 39.7 Å². The lowest BCUT2D eigenvalue weighted by Gasteiger charge is -2.26. The molecule has 0 spiro atoms. The summed E-state index contributed by atoms with van der Waals surface area (Å²) in [7, 11) is 0. The molecule has 1 N–H and O–H groups in total. The summed E-state index contributed by atoms with van der Waals surface area (Å²) in [6, 6.07) is 23.9. The van der Waals surface area contributed by atoms with Gasteiger partial charge in [0.15, 0.2) is 0 Å². The van der Waals surface area contributed by atoms with E-state index < -0.39 is 17.7 Å². The monoisotopic (exact) mass is 483 g/mol. The molecule has 1 saturated heterocycles. The van der Waals surface area contributed by atoms with Gasteiger partial charge in [0.1, 0.15) is 11.5 Å². The Bertz CT molecular complexity index is 1250. The van der Waals surface area contributed by atoms with E-state index in [-0.39, 0.29) is 11.3 Å². The van der Waals surface area contributed by atoms with Gasteiger partial charge >= 0.3 is 0 Å². The van der Waals surface area contributed by atoms with Crippen molar-refractivity contribution in [1.82, 2.24) is 4.90 Å². The Kier molecular flexibility index (Phi) is 7.89. The Hall–Kier alpha value is -3.86. The molecule has 186 valence electrons. The molecule has 1 atom stereocenters. The number of Topliss-reactive ketones (excluding diaryl/α,β-unsaturated/α-hetero) is 1. The molecule has 0 radical (unpaired) electrons. The van der Waals surface area contributed by atoms with Gasteiger partial charge in [-0.25, -0.2) is 0 Å². The number of benzene rings is 3. The van der Waals surface area contributed by atoms with Crippen LogP contribution >= 0.6 is 0 Å². The molecule has 1 aliphatic rings. The van der Waals surface area contributed by atoms with E-state index in [9.17, 15) is 14.7 Å². The second-order valence-electron chi connectivity index (χ2n) is 9.70. The number of amides is 1. The number of aliphatic hydroxyl groups excluding tert-OH is 1. The second-order valence-corrected chi connectivity index (χ2v) is 9.70. The van der Waals surface area contributed by atoms with Crippen molar-refractivity contribution in [2.75, 3.05) is 13.2 Å². The molecule has 1 aliphatic heterocycles. The van der Waals surface area contributed by atoms with E-state index in [2.05, 4.69) is 13.8 Å². The average Bonchev–Trinajstić information content (AvgIpc) is 3.13. The molecule has 1 heterocycles. The fourth-order valence-electron chi connectivity index (χ4n) is 4.41. The molecular weight excluding hydrogens is 450 g/mol.